The van der Waals surface area contributed by atoms with Gasteiger partial charge in [-0.15, -0.1) is 16.9 Å². The zero-order chi connectivity index (χ0) is 26.2. The van der Waals surface area contributed by atoms with E-state index in [1.807, 2.05) is 11.3 Å². The molecule has 3 aromatic rings. The molecule has 0 spiro atoms. The highest BCUT2D eigenvalue weighted by molar-refractivity contribution is 8.37. The van der Waals surface area contributed by atoms with E-state index in [1.165, 1.54) is 89.0 Å². The standard InChI is InChI=1S/C34H38S2Si/c1-7-36(8-2,9-3)23-21-29-25-17-13-15-19-27(25)31-32-28-20-16-14-18-26(28)30(34(32)35-33(29)31)22-24-37(10-4,11-5)12-6/h13-20H,7-12H2,1-6H3. The molecule has 0 unspecified atom stereocenters. The van der Waals surface area contributed by atoms with E-state index in [2.05, 4.69) is 113 Å². The second-order valence-electron chi connectivity index (χ2n) is 10.1. The van der Waals surface area contributed by atoms with E-state index in [0.29, 0.717) is 0 Å². The maximum Gasteiger partial charge on any atom is 0.138 e. The van der Waals surface area contributed by atoms with E-state index < -0.39 is 18.1 Å². The van der Waals surface area contributed by atoms with Crippen LogP contribution in [0.5, 0.6) is 0 Å². The van der Waals surface area contributed by atoms with Crippen molar-refractivity contribution in [3.05, 3.63) is 68.7 Å². The summed E-state index contributed by atoms with van der Waals surface area (Å²) < 4.78 is 2.72. The van der Waals surface area contributed by atoms with Crippen molar-refractivity contribution in [2.45, 2.75) is 59.7 Å². The van der Waals surface area contributed by atoms with Crippen LogP contribution in [0.3, 0.4) is 0 Å². The number of benzene rings is 2. The monoisotopic (exact) mass is 538 g/mol. The van der Waals surface area contributed by atoms with Gasteiger partial charge in [-0.3, -0.25) is 0 Å². The largest absolute Gasteiger partial charge is 0.178 e. The van der Waals surface area contributed by atoms with Crippen molar-refractivity contribution < 1.29 is 0 Å². The molecule has 190 valence electrons. The van der Waals surface area contributed by atoms with Crippen molar-refractivity contribution in [1.82, 2.24) is 0 Å². The van der Waals surface area contributed by atoms with Crippen LogP contribution in [0.2, 0.25) is 18.1 Å². The van der Waals surface area contributed by atoms with Gasteiger partial charge in [-0.05, 0) is 62.9 Å². The van der Waals surface area contributed by atoms with Crippen LogP contribution in [0.4, 0.5) is 0 Å². The molecule has 0 amide bonds. The summed E-state index contributed by atoms with van der Waals surface area (Å²) >= 11 is 1.93. The smallest absolute Gasteiger partial charge is 0.138 e. The Morgan fingerprint density at radius 3 is 1.49 bits per heavy atom. The lowest BCUT2D eigenvalue weighted by Crippen LogP contribution is -2.29. The molecule has 0 saturated carbocycles. The Morgan fingerprint density at radius 1 is 0.622 bits per heavy atom. The Morgan fingerprint density at radius 2 is 1.05 bits per heavy atom. The van der Waals surface area contributed by atoms with E-state index in [-0.39, 0.29) is 0 Å². The molecule has 0 N–H and O–H groups in total. The number of hydrogen-bond acceptors (Lipinski definition) is 1. The average molecular weight is 539 g/mol. The first-order valence-corrected chi connectivity index (χ1v) is 19.5. The summed E-state index contributed by atoms with van der Waals surface area (Å²) in [7, 11) is -2.44. The zero-order valence-corrected chi connectivity index (χ0v) is 25.8. The molecule has 0 radical (unpaired) electrons. The quantitative estimate of drug-likeness (QED) is 0.220. The third-order valence-corrected chi connectivity index (χ3v) is 18.6. The summed E-state index contributed by atoms with van der Waals surface area (Å²) in [5.41, 5.74) is 14.5. The van der Waals surface area contributed by atoms with Gasteiger partial charge in [0.1, 0.15) is 8.07 Å². The van der Waals surface area contributed by atoms with E-state index in [4.69, 9.17) is 0 Å². The predicted octanol–water partition coefficient (Wildman–Crippen LogP) is 7.98. The van der Waals surface area contributed by atoms with Gasteiger partial charge in [0.25, 0.3) is 0 Å². The van der Waals surface area contributed by atoms with E-state index in [0.717, 1.165) is 0 Å². The first-order valence-electron chi connectivity index (χ1n) is 13.9. The Kier molecular flexibility index (Phi) is 7.35. The normalized spacial score (nSPS) is 13.7. The lowest BCUT2D eigenvalue weighted by atomic mass is 9.97. The summed E-state index contributed by atoms with van der Waals surface area (Å²) in [4.78, 5) is 0. The molecule has 3 heteroatoms. The minimum atomic E-state index is -1.55. The molecule has 0 bridgehead atoms. The zero-order valence-electron chi connectivity index (χ0n) is 23.2. The fourth-order valence-electron chi connectivity index (χ4n) is 5.83. The molecule has 2 aliphatic carbocycles. The Hall–Kier alpha value is -2.43. The minimum absolute atomic E-state index is 0.891. The summed E-state index contributed by atoms with van der Waals surface area (Å²) in [6.07, 6.45) is 0. The van der Waals surface area contributed by atoms with Crippen LogP contribution in [0.25, 0.3) is 33.4 Å². The predicted molar refractivity (Wildman–Crippen MR) is 171 cm³/mol. The summed E-state index contributed by atoms with van der Waals surface area (Å²) in [6, 6.07) is 21.5. The number of hydrogen-bond donors (Lipinski definition) is 0. The molecular formula is C34H38S2Si. The third-order valence-electron chi connectivity index (χ3n) is 8.83. The van der Waals surface area contributed by atoms with Gasteiger partial charge in [0, 0.05) is 16.7 Å². The van der Waals surface area contributed by atoms with Crippen LogP contribution in [-0.2, 0) is 0 Å². The van der Waals surface area contributed by atoms with Crippen molar-refractivity contribution in [3.63, 3.8) is 0 Å². The molecule has 1 heterocycles. The van der Waals surface area contributed by atoms with Gasteiger partial charge in [0.05, 0.1) is 14.6 Å². The molecule has 1 aromatic heterocycles. The van der Waals surface area contributed by atoms with Crippen LogP contribution in [-0.4, -0.2) is 25.3 Å². The van der Waals surface area contributed by atoms with Crippen molar-refractivity contribution in [1.29, 1.82) is 0 Å². The first kappa shape index (κ1) is 26.2. The second-order valence-corrected chi connectivity index (χ2v) is 20.1. The van der Waals surface area contributed by atoms with E-state index in [1.54, 1.807) is 0 Å². The molecule has 0 nitrogen and oxygen atoms in total. The average Bonchev–Trinajstić information content (AvgIpc) is 3.57. The molecule has 0 fully saturated rings. The molecule has 0 saturated heterocycles. The van der Waals surface area contributed by atoms with Gasteiger partial charge in [-0.25, -0.2) is 0 Å². The van der Waals surface area contributed by atoms with Crippen LogP contribution in [0.1, 0.15) is 52.7 Å². The molecule has 5 rings (SSSR count). The molecule has 0 aliphatic heterocycles. The molecule has 37 heavy (non-hydrogen) atoms. The van der Waals surface area contributed by atoms with Crippen LogP contribution >= 0.6 is 21.4 Å². The van der Waals surface area contributed by atoms with Gasteiger partial charge < -0.3 is 0 Å². The number of fused-ring (bicyclic) bond motifs is 7. The summed E-state index contributed by atoms with van der Waals surface area (Å²) in [6.45, 7) is 14.0. The summed E-state index contributed by atoms with van der Waals surface area (Å²) in [5, 5.41) is 3.84. The Bertz CT molecular complexity index is 1470. The second kappa shape index (κ2) is 10.4. The molecule has 2 aromatic carbocycles. The van der Waals surface area contributed by atoms with Crippen LogP contribution in [0.15, 0.2) is 48.5 Å². The number of rotatable bonds is 6. The Balaban J connectivity index is 1.84. The van der Waals surface area contributed by atoms with Crippen LogP contribution < -0.4 is 9.06 Å². The van der Waals surface area contributed by atoms with Gasteiger partial charge in [-0.1, -0.05) is 102 Å². The molecular weight excluding hydrogens is 501 g/mol. The van der Waals surface area contributed by atoms with Crippen molar-refractivity contribution in [3.8, 4) is 44.9 Å². The fraction of sp³-hybridized carbons (Fsp3) is 0.353. The maximum absolute atomic E-state index is 3.90. The van der Waals surface area contributed by atoms with Crippen molar-refractivity contribution >= 4 is 40.6 Å². The van der Waals surface area contributed by atoms with Gasteiger partial charge >= 0.3 is 0 Å². The van der Waals surface area contributed by atoms with E-state index in [9.17, 15) is 0 Å². The van der Waals surface area contributed by atoms with Gasteiger partial charge in [-0.2, -0.15) is 10.0 Å². The fourth-order valence-corrected chi connectivity index (χ4v) is 11.6. The highest BCUT2D eigenvalue weighted by atomic mass is 32.3. The topological polar surface area (TPSA) is 0 Å². The highest BCUT2D eigenvalue weighted by Crippen LogP contribution is 2.47. The summed E-state index contributed by atoms with van der Waals surface area (Å²) in [5.74, 6) is 11.1. The van der Waals surface area contributed by atoms with Crippen molar-refractivity contribution in [2.24, 2.45) is 0 Å². The lowest BCUT2D eigenvalue weighted by Gasteiger charge is -2.30. The van der Waals surface area contributed by atoms with Crippen LogP contribution in [0, 0.1) is 22.6 Å². The maximum atomic E-state index is 3.90. The van der Waals surface area contributed by atoms with E-state index >= 15 is 0 Å². The SMILES string of the molecule is CC[Si](C#CC1=c2sc3c(c2-c2ccccc21)-c1ccccc1C=3C#CS(CC)(CC)CC)(CC)CC. The number of thiophene rings is 1. The Labute approximate surface area is 230 Å². The van der Waals surface area contributed by atoms with Gasteiger partial charge in [0.2, 0.25) is 0 Å². The molecule has 2 aliphatic rings. The highest BCUT2D eigenvalue weighted by Gasteiger charge is 2.31. The van der Waals surface area contributed by atoms with Crippen molar-refractivity contribution in [2.75, 3.05) is 17.3 Å². The first-order chi connectivity index (χ1) is 18.0. The molecule has 0 atom stereocenters. The lowest BCUT2D eigenvalue weighted by molar-refractivity contribution is 1.20. The van der Waals surface area contributed by atoms with Gasteiger partial charge in [0.15, 0.2) is 0 Å². The third kappa shape index (κ3) is 4.17. The minimum Gasteiger partial charge on any atom is -0.178 e.